The summed E-state index contributed by atoms with van der Waals surface area (Å²) in [5.74, 6) is 0. The normalized spacial score (nSPS) is 11.8. The summed E-state index contributed by atoms with van der Waals surface area (Å²) in [7, 11) is 0. The topological polar surface area (TPSA) is 43.8 Å². The number of aromatic nitrogens is 2. The molecule has 0 aliphatic rings. The Morgan fingerprint density at radius 3 is 2.33 bits per heavy atom. The molecule has 1 heterocycles. The van der Waals surface area contributed by atoms with Gasteiger partial charge in [0.15, 0.2) is 0 Å². The molecule has 3 nitrogen and oxygen atoms in total. The molecule has 18 heavy (non-hydrogen) atoms. The second kappa shape index (κ2) is 4.81. The Morgan fingerprint density at radius 1 is 1.11 bits per heavy atom. The van der Waals surface area contributed by atoms with Crippen molar-refractivity contribution in [1.82, 2.24) is 9.78 Å². The standard InChI is InChI=1S/C12H12F3N3/c13-12(14,15)11-3-1-9(2-4-11)10-7-17-18(8-10)6-5-16/h1-4,7-8H,5-6,16H2. The first-order chi connectivity index (χ1) is 8.50. The lowest BCUT2D eigenvalue weighted by atomic mass is 10.1. The smallest absolute Gasteiger partial charge is 0.329 e. The van der Waals surface area contributed by atoms with Crippen LogP contribution in [0.3, 0.4) is 0 Å². The fourth-order valence-corrected chi connectivity index (χ4v) is 1.62. The molecular weight excluding hydrogens is 243 g/mol. The van der Waals surface area contributed by atoms with Crippen molar-refractivity contribution in [3.05, 3.63) is 42.2 Å². The van der Waals surface area contributed by atoms with Crippen molar-refractivity contribution in [3.8, 4) is 11.1 Å². The van der Waals surface area contributed by atoms with Gasteiger partial charge < -0.3 is 5.73 Å². The molecule has 0 atom stereocenters. The zero-order valence-electron chi connectivity index (χ0n) is 9.48. The van der Waals surface area contributed by atoms with E-state index < -0.39 is 11.7 Å². The van der Waals surface area contributed by atoms with Gasteiger partial charge in [-0.1, -0.05) is 12.1 Å². The maximum Gasteiger partial charge on any atom is 0.416 e. The van der Waals surface area contributed by atoms with Crippen molar-refractivity contribution >= 4 is 0 Å². The summed E-state index contributed by atoms with van der Waals surface area (Å²) in [6, 6.07) is 5.00. The zero-order valence-corrected chi connectivity index (χ0v) is 9.48. The average molecular weight is 255 g/mol. The molecule has 1 aromatic carbocycles. The highest BCUT2D eigenvalue weighted by atomic mass is 19.4. The second-order valence-corrected chi connectivity index (χ2v) is 3.86. The van der Waals surface area contributed by atoms with Gasteiger partial charge in [0.1, 0.15) is 0 Å². The van der Waals surface area contributed by atoms with Crippen molar-refractivity contribution in [1.29, 1.82) is 0 Å². The Labute approximate surface area is 102 Å². The summed E-state index contributed by atoms with van der Waals surface area (Å²) in [6.45, 7) is 1.05. The third kappa shape index (κ3) is 2.70. The molecule has 0 bridgehead atoms. The van der Waals surface area contributed by atoms with E-state index in [4.69, 9.17) is 5.73 Å². The van der Waals surface area contributed by atoms with Crippen molar-refractivity contribution in [2.75, 3.05) is 6.54 Å². The van der Waals surface area contributed by atoms with Crippen LogP contribution in [0.4, 0.5) is 13.2 Å². The summed E-state index contributed by atoms with van der Waals surface area (Å²) >= 11 is 0. The van der Waals surface area contributed by atoms with E-state index in [2.05, 4.69) is 5.10 Å². The molecule has 6 heteroatoms. The molecule has 2 rings (SSSR count). The summed E-state index contributed by atoms with van der Waals surface area (Å²) < 4.78 is 38.8. The number of halogens is 3. The van der Waals surface area contributed by atoms with Crippen LogP contribution in [0.5, 0.6) is 0 Å². The molecule has 0 aliphatic carbocycles. The van der Waals surface area contributed by atoms with Gasteiger partial charge in [-0.15, -0.1) is 0 Å². The van der Waals surface area contributed by atoms with Crippen molar-refractivity contribution in [2.45, 2.75) is 12.7 Å². The summed E-state index contributed by atoms with van der Waals surface area (Å²) in [5, 5.41) is 4.07. The van der Waals surface area contributed by atoms with E-state index in [-0.39, 0.29) is 0 Å². The van der Waals surface area contributed by atoms with Crippen LogP contribution in [0.25, 0.3) is 11.1 Å². The van der Waals surface area contributed by atoms with E-state index in [1.54, 1.807) is 17.1 Å². The van der Waals surface area contributed by atoms with Crippen LogP contribution in [-0.2, 0) is 12.7 Å². The Balaban J connectivity index is 2.23. The molecule has 0 saturated heterocycles. The van der Waals surface area contributed by atoms with E-state index >= 15 is 0 Å². The number of benzene rings is 1. The highest BCUT2D eigenvalue weighted by molar-refractivity contribution is 5.62. The van der Waals surface area contributed by atoms with Crippen molar-refractivity contribution < 1.29 is 13.2 Å². The minimum atomic E-state index is -4.30. The third-order valence-electron chi connectivity index (χ3n) is 2.54. The van der Waals surface area contributed by atoms with E-state index in [9.17, 15) is 13.2 Å². The predicted molar refractivity (Wildman–Crippen MR) is 61.7 cm³/mol. The van der Waals surface area contributed by atoms with Crippen LogP contribution in [0.15, 0.2) is 36.7 Å². The molecule has 1 aromatic heterocycles. The minimum absolute atomic E-state index is 0.466. The zero-order chi connectivity index (χ0) is 13.2. The lowest BCUT2D eigenvalue weighted by molar-refractivity contribution is -0.137. The SMILES string of the molecule is NCCn1cc(-c2ccc(C(F)(F)F)cc2)cn1. The Kier molecular flexibility index (Phi) is 3.38. The molecule has 0 saturated carbocycles. The van der Waals surface area contributed by atoms with E-state index in [1.807, 2.05) is 0 Å². The number of nitrogens with two attached hydrogens (primary N) is 1. The van der Waals surface area contributed by atoms with Crippen LogP contribution < -0.4 is 5.73 Å². The molecule has 0 radical (unpaired) electrons. The number of rotatable bonds is 3. The van der Waals surface area contributed by atoms with E-state index in [0.29, 0.717) is 18.7 Å². The molecule has 0 spiro atoms. The number of alkyl halides is 3. The first kappa shape index (κ1) is 12.6. The summed E-state index contributed by atoms with van der Waals surface area (Å²) in [5.41, 5.74) is 6.21. The first-order valence-corrected chi connectivity index (χ1v) is 5.41. The highest BCUT2D eigenvalue weighted by Crippen LogP contribution is 2.30. The van der Waals surface area contributed by atoms with Crippen LogP contribution in [0.2, 0.25) is 0 Å². The maximum absolute atomic E-state index is 12.4. The van der Waals surface area contributed by atoms with Gasteiger partial charge in [-0.3, -0.25) is 4.68 Å². The molecule has 0 amide bonds. The van der Waals surface area contributed by atoms with Gasteiger partial charge in [-0.05, 0) is 17.7 Å². The van der Waals surface area contributed by atoms with Gasteiger partial charge in [0.05, 0.1) is 18.3 Å². The Morgan fingerprint density at radius 2 is 1.78 bits per heavy atom. The fourth-order valence-electron chi connectivity index (χ4n) is 1.62. The fraction of sp³-hybridized carbons (Fsp3) is 0.250. The summed E-state index contributed by atoms with van der Waals surface area (Å²) in [4.78, 5) is 0. The first-order valence-electron chi connectivity index (χ1n) is 5.41. The van der Waals surface area contributed by atoms with Crippen molar-refractivity contribution in [2.24, 2.45) is 5.73 Å². The molecule has 96 valence electrons. The number of hydrogen-bond donors (Lipinski definition) is 1. The summed E-state index contributed by atoms with van der Waals surface area (Å²) in [6.07, 6.45) is -0.935. The number of hydrogen-bond acceptors (Lipinski definition) is 2. The molecular formula is C12H12F3N3. The van der Waals surface area contributed by atoms with Gasteiger partial charge in [-0.25, -0.2) is 0 Å². The largest absolute Gasteiger partial charge is 0.416 e. The van der Waals surface area contributed by atoms with Gasteiger partial charge in [0.2, 0.25) is 0 Å². The molecule has 2 aromatic rings. The van der Waals surface area contributed by atoms with Gasteiger partial charge in [0, 0.05) is 18.3 Å². The molecule has 0 unspecified atom stereocenters. The molecule has 0 fully saturated rings. The van der Waals surface area contributed by atoms with Crippen LogP contribution in [-0.4, -0.2) is 16.3 Å². The van der Waals surface area contributed by atoms with Crippen molar-refractivity contribution in [3.63, 3.8) is 0 Å². The maximum atomic E-state index is 12.4. The number of nitrogens with zero attached hydrogens (tertiary/aromatic N) is 2. The lowest BCUT2D eigenvalue weighted by Crippen LogP contribution is -2.09. The molecule has 2 N–H and O–H groups in total. The second-order valence-electron chi connectivity index (χ2n) is 3.86. The van der Waals surface area contributed by atoms with Gasteiger partial charge >= 0.3 is 6.18 Å². The van der Waals surface area contributed by atoms with E-state index in [1.165, 1.54) is 12.1 Å². The quantitative estimate of drug-likeness (QED) is 0.915. The highest BCUT2D eigenvalue weighted by Gasteiger charge is 2.29. The lowest BCUT2D eigenvalue weighted by Gasteiger charge is -2.06. The Bertz CT molecular complexity index is 514. The monoisotopic (exact) mass is 255 g/mol. The van der Waals surface area contributed by atoms with Gasteiger partial charge in [0.25, 0.3) is 0 Å². The Hall–Kier alpha value is -1.82. The predicted octanol–water partition coefficient (Wildman–Crippen LogP) is 2.53. The average Bonchev–Trinajstić information content (AvgIpc) is 2.77. The van der Waals surface area contributed by atoms with E-state index in [0.717, 1.165) is 17.7 Å². The van der Waals surface area contributed by atoms with Crippen LogP contribution in [0, 0.1) is 0 Å². The molecule has 0 aliphatic heterocycles. The van der Waals surface area contributed by atoms with Gasteiger partial charge in [-0.2, -0.15) is 18.3 Å². The van der Waals surface area contributed by atoms with Crippen LogP contribution in [0.1, 0.15) is 5.56 Å². The van der Waals surface area contributed by atoms with Crippen LogP contribution >= 0.6 is 0 Å². The minimum Gasteiger partial charge on any atom is -0.329 e. The third-order valence-corrected chi connectivity index (χ3v) is 2.54.